The fourth-order valence-corrected chi connectivity index (χ4v) is 6.29. The maximum Gasteiger partial charge on any atom is 0.311 e. The van der Waals surface area contributed by atoms with Crippen LogP contribution in [0.5, 0.6) is 0 Å². The quantitative estimate of drug-likeness (QED) is 0.450. The van der Waals surface area contributed by atoms with Crippen LogP contribution in [0.3, 0.4) is 0 Å². The predicted octanol–water partition coefficient (Wildman–Crippen LogP) is 2.58. The van der Waals surface area contributed by atoms with Gasteiger partial charge in [0.15, 0.2) is 6.61 Å². The van der Waals surface area contributed by atoms with Crippen LogP contribution in [0.25, 0.3) is 10.8 Å². The average Bonchev–Trinajstić information content (AvgIpc) is 3.33. The molecule has 2 heterocycles. The minimum Gasteiger partial charge on any atom is -0.455 e. The van der Waals surface area contributed by atoms with Crippen LogP contribution in [0.2, 0.25) is 0 Å². The minimum absolute atomic E-state index is 0.0339. The van der Waals surface area contributed by atoms with E-state index in [4.69, 9.17) is 4.74 Å². The minimum atomic E-state index is -3.70. The van der Waals surface area contributed by atoms with E-state index in [1.807, 2.05) is 55.5 Å². The molecule has 0 aliphatic carbocycles. The molecule has 0 aromatic heterocycles. The molecule has 0 N–H and O–H groups in total. The van der Waals surface area contributed by atoms with Crippen molar-refractivity contribution in [1.29, 1.82) is 0 Å². The van der Waals surface area contributed by atoms with E-state index in [1.54, 1.807) is 23.1 Å². The van der Waals surface area contributed by atoms with Crippen molar-refractivity contribution >= 4 is 44.3 Å². The van der Waals surface area contributed by atoms with E-state index in [2.05, 4.69) is 0 Å². The SMILES string of the molecule is Cc1ccc(N2CC(C(=O)OCC(=O)N3CCN(S(=O)(=O)c4ccc5ccccc5c4)CC3)CC2=O)cc1. The summed E-state index contributed by atoms with van der Waals surface area (Å²) in [5.41, 5.74) is 1.80. The lowest BCUT2D eigenvalue weighted by atomic mass is 10.1. The zero-order valence-corrected chi connectivity index (χ0v) is 21.9. The molecular weight excluding hydrogens is 506 g/mol. The number of carbonyl (C=O) groups is 3. The summed E-state index contributed by atoms with van der Waals surface area (Å²) in [6, 6.07) is 20.1. The molecule has 2 fully saturated rings. The lowest BCUT2D eigenvalue weighted by Crippen LogP contribution is -2.51. The second kappa shape index (κ2) is 10.5. The number of nitrogens with zero attached hydrogens (tertiary/aromatic N) is 3. The van der Waals surface area contributed by atoms with Gasteiger partial charge in [0.25, 0.3) is 5.91 Å². The normalized spacial score (nSPS) is 18.7. The van der Waals surface area contributed by atoms with Crippen molar-refractivity contribution in [3.05, 3.63) is 72.3 Å². The average molecular weight is 536 g/mol. The Hall–Kier alpha value is -3.76. The summed E-state index contributed by atoms with van der Waals surface area (Å²) < 4.78 is 33.0. The molecule has 3 aromatic rings. The Balaban J connectivity index is 1.12. The molecular formula is C28H29N3O6S. The molecule has 9 nitrogen and oxygen atoms in total. The summed E-state index contributed by atoms with van der Waals surface area (Å²) in [5, 5.41) is 1.80. The van der Waals surface area contributed by atoms with Gasteiger partial charge >= 0.3 is 5.97 Å². The number of benzene rings is 3. The number of rotatable bonds is 6. The Kier molecular flexibility index (Phi) is 7.18. The van der Waals surface area contributed by atoms with Crippen molar-refractivity contribution < 1.29 is 27.5 Å². The first-order valence-electron chi connectivity index (χ1n) is 12.5. The van der Waals surface area contributed by atoms with Crippen molar-refractivity contribution in [1.82, 2.24) is 9.21 Å². The van der Waals surface area contributed by atoms with Gasteiger partial charge in [0, 0.05) is 44.8 Å². The molecule has 2 aliphatic heterocycles. The lowest BCUT2D eigenvalue weighted by Gasteiger charge is -2.34. The Morgan fingerprint density at radius 1 is 0.921 bits per heavy atom. The molecule has 2 amide bonds. The number of sulfonamides is 1. The molecule has 0 radical (unpaired) electrons. The first-order valence-corrected chi connectivity index (χ1v) is 14.0. The molecule has 0 saturated carbocycles. The topological polar surface area (TPSA) is 104 Å². The number of carbonyl (C=O) groups excluding carboxylic acids is 3. The number of fused-ring (bicyclic) bond motifs is 1. The smallest absolute Gasteiger partial charge is 0.311 e. The van der Waals surface area contributed by atoms with Crippen molar-refractivity contribution in [2.75, 3.05) is 44.2 Å². The van der Waals surface area contributed by atoms with Gasteiger partial charge in [0.1, 0.15) is 0 Å². The Bertz CT molecular complexity index is 1480. The highest BCUT2D eigenvalue weighted by molar-refractivity contribution is 7.89. The molecule has 5 rings (SSSR count). The van der Waals surface area contributed by atoms with E-state index < -0.39 is 28.5 Å². The zero-order chi connectivity index (χ0) is 26.9. The van der Waals surface area contributed by atoms with Crippen LogP contribution in [-0.4, -0.2) is 74.7 Å². The van der Waals surface area contributed by atoms with Gasteiger partial charge in [-0.2, -0.15) is 4.31 Å². The fraction of sp³-hybridized carbons (Fsp3) is 0.321. The van der Waals surface area contributed by atoms with Crippen molar-refractivity contribution in [2.24, 2.45) is 5.92 Å². The van der Waals surface area contributed by atoms with Gasteiger partial charge in [-0.3, -0.25) is 14.4 Å². The van der Waals surface area contributed by atoms with Gasteiger partial charge in [-0.05, 0) is 42.0 Å². The number of hydrogen-bond donors (Lipinski definition) is 0. The number of anilines is 1. The molecule has 2 aliphatic rings. The number of hydrogen-bond acceptors (Lipinski definition) is 6. The van der Waals surface area contributed by atoms with Gasteiger partial charge in [-0.15, -0.1) is 0 Å². The van der Waals surface area contributed by atoms with E-state index in [1.165, 1.54) is 9.21 Å². The summed E-state index contributed by atoms with van der Waals surface area (Å²) in [6.07, 6.45) is 0.0339. The number of ether oxygens (including phenoxy) is 1. The highest BCUT2D eigenvalue weighted by Crippen LogP contribution is 2.26. The van der Waals surface area contributed by atoms with Crippen molar-refractivity contribution in [2.45, 2.75) is 18.2 Å². The van der Waals surface area contributed by atoms with Crippen LogP contribution >= 0.6 is 0 Å². The number of aryl methyl sites for hydroxylation is 1. The fourth-order valence-electron chi connectivity index (χ4n) is 4.84. The molecule has 2 saturated heterocycles. The standard InChI is InChI=1S/C28H29N3O6S/c1-20-6-9-24(10-7-20)31-18-23(17-26(31)32)28(34)37-19-27(33)29-12-14-30(15-13-29)38(35,36)25-11-8-21-4-2-3-5-22(21)16-25/h2-11,16,23H,12-15,17-19H2,1H3. The van der Waals surface area contributed by atoms with Gasteiger partial charge in [0.2, 0.25) is 15.9 Å². The van der Waals surface area contributed by atoms with E-state index in [0.29, 0.717) is 0 Å². The third-order valence-electron chi connectivity index (χ3n) is 7.09. The second-order valence-corrected chi connectivity index (χ2v) is 11.6. The van der Waals surface area contributed by atoms with Gasteiger partial charge in [-0.25, -0.2) is 8.42 Å². The van der Waals surface area contributed by atoms with Crippen molar-refractivity contribution in [3.8, 4) is 0 Å². The predicted molar refractivity (Wildman–Crippen MR) is 142 cm³/mol. The number of amides is 2. The third kappa shape index (κ3) is 5.27. The van der Waals surface area contributed by atoms with Crippen LogP contribution in [0.4, 0.5) is 5.69 Å². The van der Waals surface area contributed by atoms with E-state index in [-0.39, 0.29) is 55.9 Å². The van der Waals surface area contributed by atoms with E-state index >= 15 is 0 Å². The number of piperazine rings is 1. The van der Waals surface area contributed by atoms with Gasteiger partial charge in [-0.1, -0.05) is 48.0 Å². The molecule has 1 atom stereocenters. The monoisotopic (exact) mass is 535 g/mol. The summed E-state index contributed by atoms with van der Waals surface area (Å²) in [4.78, 5) is 41.0. The Morgan fingerprint density at radius 2 is 1.61 bits per heavy atom. The zero-order valence-electron chi connectivity index (χ0n) is 21.1. The molecule has 38 heavy (non-hydrogen) atoms. The van der Waals surface area contributed by atoms with E-state index in [0.717, 1.165) is 22.0 Å². The summed E-state index contributed by atoms with van der Waals surface area (Å²) >= 11 is 0. The largest absolute Gasteiger partial charge is 0.455 e. The highest BCUT2D eigenvalue weighted by Gasteiger charge is 2.37. The van der Waals surface area contributed by atoms with Crippen LogP contribution in [0.1, 0.15) is 12.0 Å². The van der Waals surface area contributed by atoms with Gasteiger partial charge < -0.3 is 14.5 Å². The molecule has 198 valence electrons. The third-order valence-corrected chi connectivity index (χ3v) is 8.99. The Morgan fingerprint density at radius 3 is 2.32 bits per heavy atom. The summed E-state index contributed by atoms with van der Waals surface area (Å²) in [6.45, 7) is 2.43. The van der Waals surface area contributed by atoms with Crippen LogP contribution in [0.15, 0.2) is 71.6 Å². The Labute approximate surface area is 221 Å². The molecule has 3 aromatic carbocycles. The number of esters is 1. The maximum atomic E-state index is 13.2. The molecule has 1 unspecified atom stereocenters. The van der Waals surface area contributed by atoms with E-state index in [9.17, 15) is 22.8 Å². The van der Waals surface area contributed by atoms with Crippen LogP contribution in [-0.2, 0) is 29.1 Å². The second-order valence-electron chi connectivity index (χ2n) is 9.64. The maximum absolute atomic E-state index is 13.2. The molecule has 0 spiro atoms. The van der Waals surface area contributed by atoms with Gasteiger partial charge in [0.05, 0.1) is 10.8 Å². The summed E-state index contributed by atoms with van der Waals surface area (Å²) in [7, 11) is -3.70. The lowest BCUT2D eigenvalue weighted by molar-refractivity contribution is -0.155. The van der Waals surface area contributed by atoms with Crippen LogP contribution in [0, 0.1) is 12.8 Å². The molecule has 10 heteroatoms. The summed E-state index contributed by atoms with van der Waals surface area (Å²) in [5.74, 6) is -1.77. The van der Waals surface area contributed by atoms with Crippen LogP contribution < -0.4 is 4.90 Å². The first kappa shape index (κ1) is 25.9. The first-order chi connectivity index (χ1) is 18.2. The van der Waals surface area contributed by atoms with Crippen molar-refractivity contribution in [3.63, 3.8) is 0 Å². The molecule has 0 bridgehead atoms. The highest BCUT2D eigenvalue weighted by atomic mass is 32.2.